The maximum absolute atomic E-state index is 11.0. The summed E-state index contributed by atoms with van der Waals surface area (Å²) in [6, 6.07) is 2.09. The third-order valence-corrected chi connectivity index (χ3v) is 3.13. The maximum atomic E-state index is 11.0. The van der Waals surface area contributed by atoms with Gasteiger partial charge in [-0.2, -0.15) is 0 Å². The first-order valence-electron chi connectivity index (χ1n) is 6.10. The molecule has 1 fully saturated rings. The normalized spacial score (nSPS) is 20.0. The molecule has 0 bridgehead atoms. The molecule has 98 valence electrons. The number of likely N-dealkylation sites (tertiary alicyclic amines) is 1. The molecule has 1 aromatic rings. The number of primary amides is 1. The molecule has 0 spiro atoms. The molecule has 0 aromatic carbocycles. The van der Waals surface area contributed by atoms with Gasteiger partial charge in [0.2, 0.25) is 11.9 Å². The second-order valence-corrected chi connectivity index (χ2v) is 4.77. The van der Waals surface area contributed by atoms with E-state index < -0.39 is 0 Å². The zero-order valence-corrected chi connectivity index (χ0v) is 10.8. The van der Waals surface area contributed by atoms with Crippen LogP contribution in [-0.4, -0.2) is 48.0 Å². The maximum Gasteiger partial charge on any atom is 0.231 e. The van der Waals surface area contributed by atoms with Gasteiger partial charge in [-0.25, -0.2) is 9.97 Å². The van der Waals surface area contributed by atoms with Crippen molar-refractivity contribution in [3.05, 3.63) is 18.0 Å². The Balaban J connectivity index is 2.19. The quantitative estimate of drug-likeness (QED) is 0.823. The lowest BCUT2D eigenvalue weighted by molar-refractivity contribution is -0.119. The largest absolute Gasteiger partial charge is 0.369 e. The number of carbonyl (C=O) groups excluding carboxylic acids is 1. The van der Waals surface area contributed by atoms with Crippen LogP contribution in [0.4, 0.5) is 5.95 Å². The predicted molar refractivity (Wildman–Crippen MR) is 69.1 cm³/mol. The molecule has 1 aliphatic rings. The van der Waals surface area contributed by atoms with Crippen LogP contribution < -0.4 is 10.6 Å². The van der Waals surface area contributed by atoms with E-state index in [1.54, 1.807) is 6.20 Å². The lowest BCUT2D eigenvalue weighted by atomic mass is 10.1. The number of amides is 1. The van der Waals surface area contributed by atoms with E-state index in [9.17, 15) is 4.79 Å². The Labute approximate surface area is 107 Å². The molecule has 6 nitrogen and oxygen atoms in total. The van der Waals surface area contributed by atoms with Gasteiger partial charge in [-0.3, -0.25) is 9.69 Å². The van der Waals surface area contributed by atoms with Crippen molar-refractivity contribution < 1.29 is 4.79 Å². The summed E-state index contributed by atoms with van der Waals surface area (Å²) in [6.07, 6.45) is 3.84. The van der Waals surface area contributed by atoms with Gasteiger partial charge in [0.15, 0.2) is 0 Å². The molecule has 0 radical (unpaired) electrons. The summed E-state index contributed by atoms with van der Waals surface area (Å²) < 4.78 is 0. The van der Waals surface area contributed by atoms with Gasteiger partial charge in [-0.05, 0) is 25.5 Å². The zero-order chi connectivity index (χ0) is 13.1. The molecule has 2 N–H and O–H groups in total. The summed E-state index contributed by atoms with van der Waals surface area (Å²) in [4.78, 5) is 23.7. The Morgan fingerprint density at radius 1 is 1.61 bits per heavy atom. The van der Waals surface area contributed by atoms with Crippen LogP contribution in [0.25, 0.3) is 0 Å². The topological polar surface area (TPSA) is 75.3 Å². The first-order valence-corrected chi connectivity index (χ1v) is 6.10. The predicted octanol–water partition coefficient (Wildman–Crippen LogP) is 0.165. The molecule has 6 heteroatoms. The number of rotatable bonds is 4. The molecule has 1 unspecified atom stereocenters. The van der Waals surface area contributed by atoms with Crippen molar-refractivity contribution in [1.29, 1.82) is 0 Å². The fourth-order valence-electron chi connectivity index (χ4n) is 2.31. The van der Waals surface area contributed by atoms with E-state index in [2.05, 4.69) is 14.9 Å². The Kier molecular flexibility index (Phi) is 3.76. The number of nitrogens with two attached hydrogens (primary N) is 1. The molecule has 1 aromatic heterocycles. The molecule has 0 saturated carbocycles. The van der Waals surface area contributed by atoms with Gasteiger partial charge >= 0.3 is 0 Å². The molecular formula is C12H19N5O. The molecular weight excluding hydrogens is 230 g/mol. The molecule has 18 heavy (non-hydrogen) atoms. The summed E-state index contributed by atoms with van der Waals surface area (Å²) in [5.74, 6) is 0.405. The van der Waals surface area contributed by atoms with E-state index >= 15 is 0 Å². The van der Waals surface area contributed by atoms with E-state index in [-0.39, 0.29) is 11.9 Å². The van der Waals surface area contributed by atoms with Crippen molar-refractivity contribution in [2.24, 2.45) is 5.73 Å². The number of aromatic nitrogens is 2. The van der Waals surface area contributed by atoms with Crippen LogP contribution in [0.5, 0.6) is 0 Å². The molecule has 2 heterocycles. The van der Waals surface area contributed by atoms with Crippen LogP contribution in [0, 0.1) is 0 Å². The Morgan fingerprint density at radius 2 is 2.39 bits per heavy atom. The van der Waals surface area contributed by atoms with E-state index in [1.165, 1.54) is 0 Å². The van der Waals surface area contributed by atoms with Crippen molar-refractivity contribution >= 4 is 11.9 Å². The van der Waals surface area contributed by atoms with Crippen LogP contribution in [-0.2, 0) is 4.79 Å². The first-order chi connectivity index (χ1) is 8.58. The SMILES string of the molecule is CN(C)c1nccc(C2CCCN2CC(N)=O)n1. The van der Waals surface area contributed by atoms with Crippen molar-refractivity contribution in [2.45, 2.75) is 18.9 Å². The van der Waals surface area contributed by atoms with E-state index in [4.69, 9.17) is 5.73 Å². The molecule has 1 atom stereocenters. The van der Waals surface area contributed by atoms with E-state index in [0.717, 1.165) is 25.1 Å². The summed E-state index contributed by atoms with van der Waals surface area (Å²) in [7, 11) is 3.82. The minimum absolute atomic E-state index is 0.180. The number of anilines is 1. The van der Waals surface area contributed by atoms with E-state index in [1.807, 2.05) is 25.1 Å². The summed E-state index contributed by atoms with van der Waals surface area (Å²) in [5, 5.41) is 0. The highest BCUT2D eigenvalue weighted by atomic mass is 16.1. The van der Waals surface area contributed by atoms with Crippen molar-refractivity contribution in [1.82, 2.24) is 14.9 Å². The molecule has 1 amide bonds. The molecule has 1 saturated heterocycles. The number of carbonyl (C=O) groups is 1. The lowest BCUT2D eigenvalue weighted by Gasteiger charge is -2.23. The standard InChI is InChI=1S/C12H19N5O/c1-16(2)12-14-6-5-9(15-12)10-4-3-7-17(10)8-11(13)18/h5-6,10H,3-4,7-8H2,1-2H3,(H2,13,18). The summed E-state index contributed by atoms with van der Waals surface area (Å²) in [5.41, 5.74) is 6.23. The van der Waals surface area contributed by atoms with Gasteiger partial charge in [-0.1, -0.05) is 0 Å². The first kappa shape index (κ1) is 12.8. The van der Waals surface area contributed by atoms with Gasteiger partial charge in [0, 0.05) is 20.3 Å². The van der Waals surface area contributed by atoms with E-state index in [0.29, 0.717) is 12.5 Å². The highest BCUT2D eigenvalue weighted by molar-refractivity contribution is 5.76. The minimum atomic E-state index is -0.288. The van der Waals surface area contributed by atoms with Crippen LogP contribution in [0.3, 0.4) is 0 Å². The lowest BCUT2D eigenvalue weighted by Crippen LogP contribution is -2.33. The third-order valence-electron chi connectivity index (χ3n) is 3.13. The Hall–Kier alpha value is -1.69. The average molecular weight is 249 g/mol. The van der Waals surface area contributed by atoms with Crippen molar-refractivity contribution in [3.63, 3.8) is 0 Å². The average Bonchev–Trinajstić information content (AvgIpc) is 2.76. The number of hydrogen-bond acceptors (Lipinski definition) is 5. The smallest absolute Gasteiger partial charge is 0.231 e. The Bertz CT molecular complexity index is 434. The van der Waals surface area contributed by atoms with Gasteiger partial charge in [-0.15, -0.1) is 0 Å². The van der Waals surface area contributed by atoms with Gasteiger partial charge in [0.05, 0.1) is 18.3 Å². The minimum Gasteiger partial charge on any atom is -0.369 e. The molecule has 0 aliphatic carbocycles. The van der Waals surface area contributed by atoms with Crippen LogP contribution in [0.15, 0.2) is 12.3 Å². The van der Waals surface area contributed by atoms with Gasteiger partial charge in [0.25, 0.3) is 0 Å². The summed E-state index contributed by atoms with van der Waals surface area (Å²) in [6.45, 7) is 1.20. The second kappa shape index (κ2) is 5.30. The van der Waals surface area contributed by atoms with Crippen molar-refractivity contribution in [2.75, 3.05) is 32.1 Å². The van der Waals surface area contributed by atoms with Crippen LogP contribution in [0.2, 0.25) is 0 Å². The van der Waals surface area contributed by atoms with Gasteiger partial charge < -0.3 is 10.6 Å². The molecule has 2 rings (SSSR count). The highest BCUT2D eigenvalue weighted by Crippen LogP contribution is 2.30. The monoisotopic (exact) mass is 249 g/mol. The fraction of sp³-hybridized carbons (Fsp3) is 0.583. The number of hydrogen-bond donors (Lipinski definition) is 1. The third kappa shape index (κ3) is 2.76. The zero-order valence-electron chi connectivity index (χ0n) is 10.8. The Morgan fingerprint density at radius 3 is 3.06 bits per heavy atom. The molecule has 1 aliphatic heterocycles. The fourth-order valence-corrected chi connectivity index (χ4v) is 2.31. The highest BCUT2D eigenvalue weighted by Gasteiger charge is 2.28. The van der Waals surface area contributed by atoms with Crippen molar-refractivity contribution in [3.8, 4) is 0 Å². The number of nitrogens with zero attached hydrogens (tertiary/aromatic N) is 4. The van der Waals surface area contributed by atoms with Gasteiger partial charge in [0.1, 0.15) is 0 Å². The summed E-state index contributed by atoms with van der Waals surface area (Å²) >= 11 is 0. The van der Waals surface area contributed by atoms with Crippen LogP contribution >= 0.6 is 0 Å². The van der Waals surface area contributed by atoms with Crippen LogP contribution in [0.1, 0.15) is 24.6 Å². The second-order valence-electron chi connectivity index (χ2n) is 4.77.